The van der Waals surface area contributed by atoms with Crippen LogP contribution in [0.3, 0.4) is 0 Å². The van der Waals surface area contributed by atoms with Crippen molar-refractivity contribution in [3.05, 3.63) is 83.2 Å². The van der Waals surface area contributed by atoms with Gasteiger partial charge in [0, 0.05) is 43.0 Å². The average Bonchev–Trinajstić information content (AvgIpc) is 3.82. The van der Waals surface area contributed by atoms with Crippen LogP contribution in [0.25, 0.3) is 11.1 Å². The summed E-state index contributed by atoms with van der Waals surface area (Å²) in [6.07, 6.45) is 3.88. The van der Waals surface area contributed by atoms with Crippen molar-refractivity contribution >= 4 is 27.7 Å². The molecule has 0 radical (unpaired) electrons. The Bertz CT molecular complexity index is 1700. The Morgan fingerprint density at radius 1 is 1.09 bits per heavy atom. The van der Waals surface area contributed by atoms with Crippen molar-refractivity contribution in [2.75, 3.05) is 43.4 Å². The largest absolute Gasteiger partial charge is 0.494 e. The number of ether oxygens (including phenoxy) is 1. The summed E-state index contributed by atoms with van der Waals surface area (Å²) in [6, 6.07) is 17.5. The van der Waals surface area contributed by atoms with Crippen LogP contribution in [0.15, 0.2) is 60.7 Å². The maximum atomic E-state index is 13.7. The number of carbonyl (C=O) groups excluding carboxylic acids is 2. The van der Waals surface area contributed by atoms with Gasteiger partial charge >= 0.3 is 6.03 Å². The molecule has 1 spiro atoms. The molecule has 2 saturated heterocycles. The molecule has 3 aliphatic rings. The van der Waals surface area contributed by atoms with Crippen LogP contribution in [0.5, 0.6) is 5.75 Å². The summed E-state index contributed by atoms with van der Waals surface area (Å²) < 4.78 is 50.4. The van der Waals surface area contributed by atoms with E-state index < -0.39 is 21.8 Å². The number of amides is 3. The molecule has 3 N–H and O–H groups in total. The first-order chi connectivity index (χ1) is 22.0. The van der Waals surface area contributed by atoms with Gasteiger partial charge in [0.25, 0.3) is 16.0 Å². The highest BCUT2D eigenvalue weighted by atomic mass is 32.2. The summed E-state index contributed by atoms with van der Waals surface area (Å²) in [6.45, 7) is 5.18. The van der Waals surface area contributed by atoms with E-state index in [0.29, 0.717) is 30.3 Å². The van der Waals surface area contributed by atoms with Crippen LogP contribution in [0.2, 0.25) is 0 Å². The van der Waals surface area contributed by atoms with E-state index in [9.17, 15) is 22.4 Å². The van der Waals surface area contributed by atoms with Crippen molar-refractivity contribution in [2.24, 2.45) is 0 Å². The number of halogens is 1. The summed E-state index contributed by atoms with van der Waals surface area (Å²) in [5, 5.41) is 5.68. The molecule has 3 aromatic rings. The van der Waals surface area contributed by atoms with Crippen molar-refractivity contribution in [3.63, 3.8) is 0 Å². The number of carbonyl (C=O) groups is 2. The molecule has 2 heterocycles. The van der Waals surface area contributed by atoms with Gasteiger partial charge in [-0.05, 0) is 104 Å². The normalized spacial score (nSPS) is 18.1. The molecule has 3 amide bonds. The lowest BCUT2D eigenvalue weighted by molar-refractivity contribution is 0.0956. The predicted molar refractivity (Wildman–Crippen MR) is 173 cm³/mol. The van der Waals surface area contributed by atoms with Crippen LogP contribution in [0, 0.1) is 5.82 Å². The highest BCUT2D eigenvalue weighted by Crippen LogP contribution is 2.47. The summed E-state index contributed by atoms with van der Waals surface area (Å²) >= 11 is 0. The molecule has 0 aromatic heterocycles. The van der Waals surface area contributed by atoms with Gasteiger partial charge in [-0.1, -0.05) is 12.1 Å². The molecule has 3 fully saturated rings. The van der Waals surface area contributed by atoms with E-state index >= 15 is 0 Å². The smallest absolute Gasteiger partial charge is 0.322 e. The number of piperidine rings is 1. The van der Waals surface area contributed by atoms with Crippen molar-refractivity contribution in [1.82, 2.24) is 15.5 Å². The first-order valence-corrected chi connectivity index (χ1v) is 17.3. The highest BCUT2D eigenvalue weighted by molar-refractivity contribution is 7.85. The number of likely N-dealkylation sites (tertiary alicyclic amines) is 1. The van der Waals surface area contributed by atoms with Crippen molar-refractivity contribution in [1.29, 1.82) is 0 Å². The van der Waals surface area contributed by atoms with Gasteiger partial charge in [0.05, 0.1) is 24.4 Å². The Labute approximate surface area is 268 Å². The summed E-state index contributed by atoms with van der Waals surface area (Å²) in [4.78, 5) is 29.5. The molecular weight excluding hydrogens is 611 g/mol. The lowest BCUT2D eigenvalue weighted by atomic mass is 9.87. The maximum Gasteiger partial charge on any atom is 0.322 e. The van der Waals surface area contributed by atoms with E-state index in [-0.39, 0.29) is 23.9 Å². The minimum atomic E-state index is -4.16. The van der Waals surface area contributed by atoms with Gasteiger partial charge in [0.15, 0.2) is 0 Å². The number of anilines is 1. The van der Waals surface area contributed by atoms with E-state index in [4.69, 9.17) is 9.29 Å². The molecule has 0 atom stereocenters. The Morgan fingerprint density at radius 3 is 2.41 bits per heavy atom. The highest BCUT2D eigenvalue weighted by Gasteiger charge is 2.45. The van der Waals surface area contributed by atoms with Gasteiger partial charge in [-0.15, -0.1) is 0 Å². The number of urea groups is 1. The van der Waals surface area contributed by atoms with Gasteiger partial charge in [-0.25, -0.2) is 9.18 Å². The van der Waals surface area contributed by atoms with Crippen molar-refractivity contribution < 1.29 is 31.7 Å². The van der Waals surface area contributed by atoms with E-state index in [0.717, 1.165) is 67.8 Å². The van der Waals surface area contributed by atoms with Crippen LogP contribution in [-0.2, 0) is 16.7 Å². The first kappa shape index (κ1) is 32.0. The topological polar surface area (TPSA) is 128 Å². The fourth-order valence-electron chi connectivity index (χ4n) is 6.44. The maximum absolute atomic E-state index is 13.7. The van der Waals surface area contributed by atoms with E-state index in [1.54, 1.807) is 29.2 Å². The lowest BCUT2D eigenvalue weighted by Gasteiger charge is -2.39. The van der Waals surface area contributed by atoms with Crippen LogP contribution < -0.4 is 20.3 Å². The SMILES string of the molecule is CCOc1cc(-c2ccc(F)cc2)c(C2CC2)cc1CN1CCC2(CC1)CN(c1ccc(C(=O)NCCS(=O)(=O)O)cc1)C(=O)N2. The van der Waals surface area contributed by atoms with E-state index in [1.807, 2.05) is 19.1 Å². The van der Waals surface area contributed by atoms with Crippen LogP contribution in [0.4, 0.5) is 14.9 Å². The Balaban J connectivity index is 1.10. The molecule has 46 heavy (non-hydrogen) atoms. The fraction of sp³-hybridized carbons (Fsp3) is 0.412. The van der Waals surface area contributed by atoms with Crippen LogP contribution in [-0.4, -0.2) is 73.9 Å². The van der Waals surface area contributed by atoms with Gasteiger partial charge in [-0.2, -0.15) is 8.42 Å². The molecule has 0 bridgehead atoms. The van der Waals surface area contributed by atoms with Gasteiger partial charge in [0.2, 0.25) is 0 Å². The minimum absolute atomic E-state index is 0.178. The van der Waals surface area contributed by atoms with Crippen molar-refractivity contribution in [3.8, 4) is 16.9 Å². The number of hydrogen-bond donors (Lipinski definition) is 3. The molecule has 1 aliphatic carbocycles. The Morgan fingerprint density at radius 2 is 1.78 bits per heavy atom. The molecule has 6 rings (SSSR count). The van der Waals surface area contributed by atoms with E-state index in [1.165, 1.54) is 17.7 Å². The summed E-state index contributed by atoms with van der Waals surface area (Å²) in [7, 11) is -4.16. The lowest BCUT2D eigenvalue weighted by Crippen LogP contribution is -2.52. The quantitative estimate of drug-likeness (QED) is 0.251. The summed E-state index contributed by atoms with van der Waals surface area (Å²) in [5.74, 6) is 0.0728. The average molecular weight is 651 g/mol. The molecule has 10 nitrogen and oxygen atoms in total. The third-order valence-electron chi connectivity index (χ3n) is 9.08. The third kappa shape index (κ3) is 7.35. The number of rotatable bonds is 11. The second kappa shape index (κ2) is 13.0. The fourth-order valence-corrected chi connectivity index (χ4v) is 6.80. The molecular formula is C34H39FN4O6S. The molecule has 0 unspecified atom stereocenters. The number of nitrogens with zero attached hydrogens (tertiary/aromatic N) is 2. The zero-order valence-corrected chi connectivity index (χ0v) is 26.6. The van der Waals surface area contributed by atoms with Gasteiger partial charge < -0.3 is 15.4 Å². The Hall–Kier alpha value is -4.00. The zero-order valence-electron chi connectivity index (χ0n) is 25.8. The van der Waals surface area contributed by atoms with Crippen LogP contribution in [0.1, 0.15) is 60.0 Å². The number of hydrogen-bond acceptors (Lipinski definition) is 6. The molecule has 244 valence electrons. The third-order valence-corrected chi connectivity index (χ3v) is 9.80. The van der Waals surface area contributed by atoms with Gasteiger partial charge in [0.1, 0.15) is 11.6 Å². The molecule has 12 heteroatoms. The number of benzene rings is 3. The van der Waals surface area contributed by atoms with Crippen molar-refractivity contribution in [2.45, 2.75) is 50.6 Å². The predicted octanol–water partition coefficient (Wildman–Crippen LogP) is 4.95. The second-order valence-corrected chi connectivity index (χ2v) is 14.0. The standard InChI is InChI=1S/C34H39FN4O6S/c1-2-45-31-20-30(24-5-9-27(35)10-6-24)29(23-3-4-23)19-26(31)21-38-16-13-34(14-17-38)22-39(33(41)37-34)28-11-7-25(8-12-28)32(40)36-15-18-46(42,43)44/h5-12,19-20,23H,2-4,13-18,21-22H2,1H3,(H,36,40)(H,37,41)(H,42,43,44). The van der Waals surface area contributed by atoms with E-state index in [2.05, 4.69) is 27.7 Å². The molecule has 3 aromatic carbocycles. The first-order valence-electron chi connectivity index (χ1n) is 15.7. The van der Waals surface area contributed by atoms with Gasteiger partial charge in [-0.3, -0.25) is 19.1 Å². The minimum Gasteiger partial charge on any atom is -0.494 e. The second-order valence-electron chi connectivity index (χ2n) is 12.4. The summed E-state index contributed by atoms with van der Waals surface area (Å²) in [5.41, 5.74) is 5.17. The molecule has 1 saturated carbocycles. The molecule has 2 aliphatic heterocycles. The van der Waals surface area contributed by atoms with Crippen LogP contribution >= 0.6 is 0 Å². The zero-order chi connectivity index (χ0) is 32.5. The monoisotopic (exact) mass is 650 g/mol. The Kier molecular flexibility index (Phi) is 9.04. The number of nitrogens with one attached hydrogen (secondary N) is 2.